The lowest BCUT2D eigenvalue weighted by Crippen LogP contribution is -2.46. The number of benzene rings is 1. The Hall–Kier alpha value is -1.30. The fourth-order valence-electron chi connectivity index (χ4n) is 2.50. The van der Waals surface area contributed by atoms with Crippen molar-refractivity contribution >= 4 is 24.0 Å². The molecular formula is C14H19ClN2O3. The van der Waals surface area contributed by atoms with E-state index in [0.717, 1.165) is 24.6 Å². The Morgan fingerprint density at radius 3 is 3.00 bits per heavy atom. The van der Waals surface area contributed by atoms with Gasteiger partial charge in [0.1, 0.15) is 12.4 Å². The maximum Gasteiger partial charge on any atom is 0.228 e. The van der Waals surface area contributed by atoms with E-state index >= 15 is 0 Å². The van der Waals surface area contributed by atoms with Crippen molar-refractivity contribution in [3.8, 4) is 5.75 Å². The third-order valence-corrected chi connectivity index (χ3v) is 3.45. The molecule has 0 bridgehead atoms. The third kappa shape index (κ3) is 3.23. The van der Waals surface area contributed by atoms with Crippen molar-refractivity contribution in [3.05, 3.63) is 24.3 Å². The summed E-state index contributed by atoms with van der Waals surface area (Å²) in [5, 5.41) is 3.31. The summed E-state index contributed by atoms with van der Waals surface area (Å²) in [4.78, 5) is 14.2. The van der Waals surface area contributed by atoms with E-state index in [1.54, 1.807) is 0 Å². The Morgan fingerprint density at radius 1 is 1.35 bits per heavy atom. The van der Waals surface area contributed by atoms with Gasteiger partial charge in [0.15, 0.2) is 0 Å². The molecule has 110 valence electrons. The molecule has 6 heteroatoms. The van der Waals surface area contributed by atoms with Crippen LogP contribution in [0.3, 0.4) is 0 Å². The molecule has 0 spiro atoms. The van der Waals surface area contributed by atoms with Crippen LogP contribution in [0.15, 0.2) is 24.3 Å². The first kappa shape index (κ1) is 15.1. The molecule has 0 radical (unpaired) electrons. The SMILES string of the molecule is Cl.O=C(CC1COCCN1)N1CCOc2ccccc21. The van der Waals surface area contributed by atoms with Gasteiger partial charge >= 0.3 is 0 Å². The van der Waals surface area contributed by atoms with Gasteiger partial charge in [0, 0.05) is 19.0 Å². The number of hydrogen-bond acceptors (Lipinski definition) is 4. The molecule has 0 aliphatic carbocycles. The third-order valence-electron chi connectivity index (χ3n) is 3.45. The minimum absolute atomic E-state index is 0. The van der Waals surface area contributed by atoms with Gasteiger partial charge in [-0.3, -0.25) is 4.79 Å². The topological polar surface area (TPSA) is 50.8 Å². The second kappa shape index (κ2) is 6.92. The molecule has 3 rings (SSSR count). The number of carbonyl (C=O) groups is 1. The number of hydrogen-bond donors (Lipinski definition) is 1. The molecule has 20 heavy (non-hydrogen) atoms. The van der Waals surface area contributed by atoms with Crippen LogP contribution in [-0.4, -0.2) is 44.9 Å². The van der Waals surface area contributed by atoms with Gasteiger partial charge in [0.2, 0.25) is 5.91 Å². The van der Waals surface area contributed by atoms with Crippen molar-refractivity contribution in [1.82, 2.24) is 5.32 Å². The molecule has 1 unspecified atom stereocenters. The van der Waals surface area contributed by atoms with E-state index < -0.39 is 0 Å². The lowest BCUT2D eigenvalue weighted by Gasteiger charge is -2.31. The van der Waals surface area contributed by atoms with E-state index in [2.05, 4.69) is 5.32 Å². The highest BCUT2D eigenvalue weighted by Crippen LogP contribution is 2.31. The molecular weight excluding hydrogens is 280 g/mol. The van der Waals surface area contributed by atoms with Crippen molar-refractivity contribution < 1.29 is 14.3 Å². The first-order chi connectivity index (χ1) is 9.34. The summed E-state index contributed by atoms with van der Waals surface area (Å²) in [5.41, 5.74) is 0.871. The summed E-state index contributed by atoms with van der Waals surface area (Å²) >= 11 is 0. The molecule has 0 aromatic heterocycles. The van der Waals surface area contributed by atoms with Crippen molar-refractivity contribution in [2.45, 2.75) is 12.5 Å². The first-order valence-corrected chi connectivity index (χ1v) is 6.68. The minimum Gasteiger partial charge on any atom is -0.490 e. The van der Waals surface area contributed by atoms with Crippen LogP contribution in [-0.2, 0) is 9.53 Å². The monoisotopic (exact) mass is 298 g/mol. The highest BCUT2D eigenvalue weighted by atomic mass is 35.5. The average Bonchev–Trinajstić information content (AvgIpc) is 2.47. The van der Waals surface area contributed by atoms with Crippen LogP contribution < -0.4 is 15.0 Å². The van der Waals surface area contributed by atoms with Crippen LogP contribution in [0.25, 0.3) is 0 Å². The Kier molecular flexibility index (Phi) is 5.23. The molecule has 1 saturated heterocycles. The van der Waals surface area contributed by atoms with Gasteiger partial charge < -0.3 is 19.7 Å². The molecule has 2 aliphatic rings. The van der Waals surface area contributed by atoms with Crippen molar-refractivity contribution in [2.75, 3.05) is 37.8 Å². The van der Waals surface area contributed by atoms with E-state index in [4.69, 9.17) is 9.47 Å². The zero-order valence-corrected chi connectivity index (χ0v) is 12.0. The standard InChI is InChI=1S/C14H18N2O3.ClH/c17-14(9-11-10-18-7-5-15-11)16-6-8-19-13-4-2-1-3-12(13)16;/h1-4,11,15H,5-10H2;1H. The van der Waals surface area contributed by atoms with Gasteiger partial charge in [-0.05, 0) is 12.1 Å². The zero-order valence-electron chi connectivity index (χ0n) is 11.2. The predicted molar refractivity (Wildman–Crippen MR) is 78.8 cm³/mol. The zero-order chi connectivity index (χ0) is 13.1. The lowest BCUT2D eigenvalue weighted by molar-refractivity contribution is -0.120. The van der Waals surface area contributed by atoms with Crippen LogP contribution in [0.1, 0.15) is 6.42 Å². The van der Waals surface area contributed by atoms with Crippen LogP contribution in [0.5, 0.6) is 5.75 Å². The van der Waals surface area contributed by atoms with Crippen LogP contribution in [0.2, 0.25) is 0 Å². The lowest BCUT2D eigenvalue weighted by atomic mass is 10.1. The molecule has 5 nitrogen and oxygen atoms in total. The van der Waals surface area contributed by atoms with E-state index in [1.807, 2.05) is 29.2 Å². The number of para-hydroxylation sites is 2. The summed E-state index contributed by atoms with van der Waals surface area (Å²) in [6.45, 7) is 3.32. The van der Waals surface area contributed by atoms with Gasteiger partial charge in [-0.1, -0.05) is 12.1 Å². The molecule has 0 saturated carbocycles. The highest BCUT2D eigenvalue weighted by Gasteiger charge is 2.26. The molecule has 1 fully saturated rings. The van der Waals surface area contributed by atoms with E-state index in [-0.39, 0.29) is 24.4 Å². The first-order valence-electron chi connectivity index (χ1n) is 6.68. The van der Waals surface area contributed by atoms with Crippen molar-refractivity contribution in [3.63, 3.8) is 0 Å². The summed E-state index contributed by atoms with van der Waals surface area (Å²) in [6.07, 6.45) is 0.467. The number of carbonyl (C=O) groups excluding carboxylic acids is 1. The van der Waals surface area contributed by atoms with Crippen LogP contribution >= 0.6 is 12.4 Å². The van der Waals surface area contributed by atoms with E-state index in [1.165, 1.54) is 0 Å². The molecule has 1 amide bonds. The molecule has 1 N–H and O–H groups in total. The molecule has 1 atom stereocenters. The maximum absolute atomic E-state index is 12.4. The predicted octanol–water partition coefficient (Wildman–Crippen LogP) is 1.21. The Bertz CT molecular complexity index is 463. The fourth-order valence-corrected chi connectivity index (χ4v) is 2.50. The summed E-state index contributed by atoms with van der Waals surface area (Å²) in [5.74, 6) is 0.911. The number of nitrogens with zero attached hydrogens (tertiary/aromatic N) is 1. The number of anilines is 1. The van der Waals surface area contributed by atoms with Gasteiger partial charge in [-0.15, -0.1) is 12.4 Å². The molecule has 2 heterocycles. The Morgan fingerprint density at radius 2 is 2.20 bits per heavy atom. The molecule has 1 aromatic rings. The number of nitrogens with one attached hydrogen (secondary N) is 1. The number of amides is 1. The second-order valence-corrected chi connectivity index (χ2v) is 4.79. The number of halogens is 1. The second-order valence-electron chi connectivity index (χ2n) is 4.79. The molecule has 2 aliphatic heterocycles. The molecule has 1 aromatic carbocycles. The minimum atomic E-state index is 0. The smallest absolute Gasteiger partial charge is 0.228 e. The average molecular weight is 299 g/mol. The van der Waals surface area contributed by atoms with Gasteiger partial charge in [-0.25, -0.2) is 0 Å². The quantitative estimate of drug-likeness (QED) is 0.892. The van der Waals surface area contributed by atoms with E-state index in [9.17, 15) is 4.79 Å². The fraction of sp³-hybridized carbons (Fsp3) is 0.500. The number of morpholine rings is 1. The van der Waals surface area contributed by atoms with Crippen molar-refractivity contribution in [1.29, 1.82) is 0 Å². The number of rotatable bonds is 2. The number of fused-ring (bicyclic) bond motifs is 1. The summed E-state index contributed by atoms with van der Waals surface area (Å²) in [7, 11) is 0. The van der Waals surface area contributed by atoms with Gasteiger partial charge in [0.05, 0.1) is 25.4 Å². The highest BCUT2D eigenvalue weighted by molar-refractivity contribution is 5.95. The summed E-state index contributed by atoms with van der Waals surface area (Å²) < 4.78 is 10.9. The van der Waals surface area contributed by atoms with Crippen LogP contribution in [0, 0.1) is 0 Å². The summed E-state index contributed by atoms with van der Waals surface area (Å²) in [6, 6.07) is 7.80. The van der Waals surface area contributed by atoms with Crippen molar-refractivity contribution in [2.24, 2.45) is 0 Å². The normalized spacial score (nSPS) is 21.4. The van der Waals surface area contributed by atoms with E-state index in [0.29, 0.717) is 26.2 Å². The Labute approximate surface area is 124 Å². The largest absolute Gasteiger partial charge is 0.490 e. The van der Waals surface area contributed by atoms with Gasteiger partial charge in [-0.2, -0.15) is 0 Å². The maximum atomic E-state index is 12.4. The van der Waals surface area contributed by atoms with Gasteiger partial charge in [0.25, 0.3) is 0 Å². The van der Waals surface area contributed by atoms with Crippen LogP contribution in [0.4, 0.5) is 5.69 Å². The Balaban J connectivity index is 0.00000147. The number of ether oxygens (including phenoxy) is 2.